The lowest BCUT2D eigenvalue weighted by Crippen LogP contribution is -2.10. The van der Waals surface area contributed by atoms with Crippen molar-refractivity contribution < 1.29 is 5.11 Å². The van der Waals surface area contributed by atoms with Gasteiger partial charge in [0.25, 0.3) is 0 Å². The standard InChI is InChI=1S/C19H25NO/c1-11-7-8-18(15(5)19(11)21)20-16(6)17-10-13(3)12(2)9-14(17)4/h7-10,16,20-21H,1-6H3. The molecule has 0 aliphatic rings. The summed E-state index contributed by atoms with van der Waals surface area (Å²) in [5.74, 6) is 0.379. The molecule has 1 atom stereocenters. The number of aromatic hydroxyl groups is 1. The van der Waals surface area contributed by atoms with E-state index in [1.807, 2.05) is 26.0 Å². The minimum absolute atomic E-state index is 0.199. The van der Waals surface area contributed by atoms with Crippen molar-refractivity contribution in [3.63, 3.8) is 0 Å². The van der Waals surface area contributed by atoms with Crippen molar-refractivity contribution in [1.82, 2.24) is 0 Å². The Balaban J connectivity index is 2.32. The smallest absolute Gasteiger partial charge is 0.123 e. The van der Waals surface area contributed by atoms with E-state index in [1.54, 1.807) is 0 Å². The highest BCUT2D eigenvalue weighted by Gasteiger charge is 2.13. The first kappa shape index (κ1) is 15.4. The molecule has 0 amide bonds. The van der Waals surface area contributed by atoms with E-state index in [9.17, 15) is 5.11 Å². The number of anilines is 1. The van der Waals surface area contributed by atoms with Crippen LogP contribution in [0.5, 0.6) is 5.75 Å². The van der Waals surface area contributed by atoms with Crippen molar-refractivity contribution in [2.75, 3.05) is 5.32 Å². The zero-order valence-electron chi connectivity index (χ0n) is 13.8. The summed E-state index contributed by atoms with van der Waals surface area (Å²) in [6.07, 6.45) is 0. The molecule has 21 heavy (non-hydrogen) atoms. The Kier molecular flexibility index (Phi) is 4.26. The van der Waals surface area contributed by atoms with Gasteiger partial charge >= 0.3 is 0 Å². The van der Waals surface area contributed by atoms with Crippen molar-refractivity contribution in [3.8, 4) is 5.75 Å². The fourth-order valence-corrected chi connectivity index (χ4v) is 2.75. The van der Waals surface area contributed by atoms with Gasteiger partial charge in [0.05, 0.1) is 0 Å². The summed E-state index contributed by atoms with van der Waals surface area (Å²) in [4.78, 5) is 0. The second-order valence-electron chi connectivity index (χ2n) is 6.06. The van der Waals surface area contributed by atoms with Crippen LogP contribution in [-0.2, 0) is 0 Å². The fourth-order valence-electron chi connectivity index (χ4n) is 2.75. The predicted molar refractivity (Wildman–Crippen MR) is 90.3 cm³/mol. The molecule has 2 aromatic carbocycles. The van der Waals surface area contributed by atoms with Crippen LogP contribution in [0.2, 0.25) is 0 Å². The molecule has 0 radical (unpaired) electrons. The van der Waals surface area contributed by atoms with E-state index in [-0.39, 0.29) is 6.04 Å². The van der Waals surface area contributed by atoms with E-state index in [1.165, 1.54) is 22.3 Å². The molecule has 2 N–H and O–H groups in total. The van der Waals surface area contributed by atoms with Crippen molar-refractivity contribution in [2.45, 2.75) is 47.6 Å². The molecule has 1 unspecified atom stereocenters. The molecule has 2 nitrogen and oxygen atoms in total. The molecule has 0 bridgehead atoms. The molecule has 0 aromatic heterocycles. The average Bonchev–Trinajstić information content (AvgIpc) is 2.43. The second-order valence-corrected chi connectivity index (χ2v) is 6.06. The van der Waals surface area contributed by atoms with E-state index in [0.29, 0.717) is 5.75 Å². The SMILES string of the molecule is Cc1cc(C)c(C(C)Nc2ccc(C)c(O)c2C)cc1C. The molecule has 2 rings (SSSR count). The fraction of sp³-hybridized carbons (Fsp3) is 0.368. The Labute approximate surface area is 127 Å². The lowest BCUT2D eigenvalue weighted by molar-refractivity contribution is 0.467. The van der Waals surface area contributed by atoms with Crippen LogP contribution in [0.15, 0.2) is 24.3 Å². The summed E-state index contributed by atoms with van der Waals surface area (Å²) >= 11 is 0. The van der Waals surface area contributed by atoms with Gasteiger partial charge in [0, 0.05) is 17.3 Å². The third kappa shape index (κ3) is 3.05. The maximum atomic E-state index is 10.1. The van der Waals surface area contributed by atoms with E-state index in [2.05, 4.69) is 45.1 Å². The van der Waals surface area contributed by atoms with Crippen molar-refractivity contribution in [3.05, 3.63) is 57.6 Å². The predicted octanol–water partition coefficient (Wildman–Crippen LogP) is 5.11. The van der Waals surface area contributed by atoms with Gasteiger partial charge in [-0.05, 0) is 75.4 Å². The largest absolute Gasteiger partial charge is 0.507 e. The summed E-state index contributed by atoms with van der Waals surface area (Å²) in [5.41, 5.74) is 8.05. The second kappa shape index (κ2) is 5.80. The van der Waals surface area contributed by atoms with Crippen molar-refractivity contribution >= 4 is 5.69 Å². The molecule has 0 aliphatic carbocycles. The van der Waals surface area contributed by atoms with Gasteiger partial charge in [0.1, 0.15) is 5.75 Å². The molecule has 0 spiro atoms. The minimum Gasteiger partial charge on any atom is -0.507 e. The highest BCUT2D eigenvalue weighted by Crippen LogP contribution is 2.31. The molecule has 0 saturated carbocycles. The summed E-state index contributed by atoms with van der Waals surface area (Å²) in [6.45, 7) is 12.5. The number of phenols is 1. The number of phenolic OH excluding ortho intramolecular Hbond substituents is 1. The van der Waals surface area contributed by atoms with Gasteiger partial charge in [0.15, 0.2) is 0 Å². The first-order chi connectivity index (χ1) is 9.81. The first-order valence-corrected chi connectivity index (χ1v) is 7.44. The zero-order valence-corrected chi connectivity index (χ0v) is 13.8. The van der Waals surface area contributed by atoms with Crippen LogP contribution in [0.3, 0.4) is 0 Å². The Morgan fingerprint density at radius 2 is 1.48 bits per heavy atom. The molecular formula is C19H25NO. The number of rotatable bonds is 3. The van der Waals surface area contributed by atoms with Crippen molar-refractivity contribution in [2.24, 2.45) is 0 Å². The maximum Gasteiger partial charge on any atom is 0.123 e. The van der Waals surface area contributed by atoms with Crippen LogP contribution in [0.1, 0.15) is 46.3 Å². The lowest BCUT2D eigenvalue weighted by Gasteiger charge is -2.21. The molecule has 2 heteroatoms. The molecular weight excluding hydrogens is 258 g/mol. The van der Waals surface area contributed by atoms with Crippen LogP contribution in [0.4, 0.5) is 5.69 Å². The number of hydrogen-bond donors (Lipinski definition) is 2. The topological polar surface area (TPSA) is 32.3 Å². The van der Waals surface area contributed by atoms with E-state index >= 15 is 0 Å². The summed E-state index contributed by atoms with van der Waals surface area (Å²) < 4.78 is 0. The summed E-state index contributed by atoms with van der Waals surface area (Å²) in [6, 6.07) is 8.68. The minimum atomic E-state index is 0.199. The van der Waals surface area contributed by atoms with Gasteiger partial charge in [-0.15, -0.1) is 0 Å². The Morgan fingerprint density at radius 3 is 2.14 bits per heavy atom. The maximum absolute atomic E-state index is 10.1. The normalized spacial score (nSPS) is 12.3. The molecule has 0 saturated heterocycles. The molecule has 0 heterocycles. The number of benzene rings is 2. The van der Waals surface area contributed by atoms with Gasteiger partial charge in [-0.2, -0.15) is 0 Å². The van der Waals surface area contributed by atoms with Gasteiger partial charge < -0.3 is 10.4 Å². The Morgan fingerprint density at radius 1 is 0.857 bits per heavy atom. The quantitative estimate of drug-likeness (QED) is 0.820. The third-order valence-electron chi connectivity index (χ3n) is 4.35. The molecule has 0 fully saturated rings. The Hall–Kier alpha value is -1.96. The lowest BCUT2D eigenvalue weighted by atomic mass is 9.96. The zero-order chi connectivity index (χ0) is 15.7. The monoisotopic (exact) mass is 283 g/mol. The van der Waals surface area contributed by atoms with Crippen LogP contribution in [0.25, 0.3) is 0 Å². The third-order valence-corrected chi connectivity index (χ3v) is 4.35. The molecule has 0 aliphatic heterocycles. The van der Waals surface area contributed by atoms with Crippen LogP contribution < -0.4 is 5.32 Å². The van der Waals surface area contributed by atoms with Gasteiger partial charge in [-0.3, -0.25) is 0 Å². The van der Waals surface area contributed by atoms with Gasteiger partial charge in [0.2, 0.25) is 0 Å². The van der Waals surface area contributed by atoms with Crippen LogP contribution >= 0.6 is 0 Å². The number of hydrogen-bond acceptors (Lipinski definition) is 2. The highest BCUT2D eigenvalue weighted by atomic mass is 16.3. The van der Waals surface area contributed by atoms with E-state index in [0.717, 1.165) is 16.8 Å². The van der Waals surface area contributed by atoms with Crippen molar-refractivity contribution in [1.29, 1.82) is 0 Å². The summed E-state index contributed by atoms with van der Waals surface area (Å²) in [5, 5.41) is 13.6. The van der Waals surface area contributed by atoms with Gasteiger partial charge in [-0.1, -0.05) is 18.2 Å². The van der Waals surface area contributed by atoms with E-state index in [4.69, 9.17) is 0 Å². The first-order valence-electron chi connectivity index (χ1n) is 7.44. The summed E-state index contributed by atoms with van der Waals surface area (Å²) in [7, 11) is 0. The van der Waals surface area contributed by atoms with Gasteiger partial charge in [-0.25, -0.2) is 0 Å². The number of aryl methyl sites for hydroxylation is 4. The highest BCUT2D eigenvalue weighted by molar-refractivity contribution is 5.60. The number of nitrogens with one attached hydrogen (secondary N) is 1. The average molecular weight is 283 g/mol. The van der Waals surface area contributed by atoms with Crippen LogP contribution in [0, 0.1) is 34.6 Å². The van der Waals surface area contributed by atoms with Crippen LogP contribution in [-0.4, -0.2) is 5.11 Å². The Bertz CT molecular complexity index is 674. The van der Waals surface area contributed by atoms with E-state index < -0.39 is 0 Å². The molecule has 2 aromatic rings. The molecule has 112 valence electrons.